The summed E-state index contributed by atoms with van der Waals surface area (Å²) in [4.78, 5) is 21.1. The third kappa shape index (κ3) is 12.9. The normalized spacial score (nSPS) is 15.8. The number of hydrogen-bond donors (Lipinski definition) is 2. The van der Waals surface area contributed by atoms with Crippen molar-refractivity contribution in [2.75, 3.05) is 0 Å². The molecule has 0 saturated carbocycles. The van der Waals surface area contributed by atoms with E-state index in [0.717, 1.165) is 4.53 Å². The van der Waals surface area contributed by atoms with Gasteiger partial charge in [-0.05, 0) is 25.7 Å². The van der Waals surface area contributed by atoms with Crippen LogP contribution in [0, 0.1) is 0 Å². The van der Waals surface area contributed by atoms with Gasteiger partial charge in [0.05, 0.1) is 0 Å². The molecule has 0 bridgehead atoms. The van der Waals surface area contributed by atoms with Gasteiger partial charge in [0.25, 0.3) is 0 Å². The second kappa shape index (κ2) is 15.8. The Balaban J connectivity index is 0.000000583. The summed E-state index contributed by atoms with van der Waals surface area (Å²) in [5.74, 6) is -1.67. The molecule has 0 fully saturated rings. The standard InChI is InChI=1S/C8H12.C6H5.2C3H5O2.Ni.H3P/c1-2-4-6-8-7-5-3-1;1-2-4-6-5-3-1;2*1-2-3(4)5;;/h1-4H,5-8H2;1-5H;2*1-2H2,(H,4,5);;1H3/b3-1-,4-2-;;;;;. The van der Waals surface area contributed by atoms with E-state index in [-0.39, 0.29) is 22.7 Å². The summed E-state index contributed by atoms with van der Waals surface area (Å²) in [5, 5.41) is 18.4. The van der Waals surface area contributed by atoms with Gasteiger partial charge in [0.15, 0.2) is 0 Å². The summed E-state index contributed by atoms with van der Waals surface area (Å²) in [6.45, 7) is 0. The maximum atomic E-state index is 10.6. The Labute approximate surface area is 163 Å². The number of aliphatic carboxylic acids is 2. The van der Waals surface area contributed by atoms with Crippen LogP contribution in [0.5, 0.6) is 0 Å². The van der Waals surface area contributed by atoms with E-state index in [1.54, 1.807) is 0 Å². The van der Waals surface area contributed by atoms with Crippen molar-refractivity contribution in [1.82, 2.24) is 0 Å². The molecule has 0 amide bonds. The number of carboxylic acid groups (broad SMARTS) is 2. The van der Waals surface area contributed by atoms with Crippen LogP contribution in [0.15, 0.2) is 54.6 Å². The average Bonchev–Trinajstić information content (AvgIpc) is 2.55. The number of hydrogen-bond acceptors (Lipinski definition) is 2. The van der Waals surface area contributed by atoms with E-state index in [9.17, 15) is 9.59 Å². The molecule has 1 atom stereocenters. The van der Waals surface area contributed by atoms with E-state index in [0.29, 0.717) is 10.8 Å². The van der Waals surface area contributed by atoms with Crippen LogP contribution < -0.4 is 4.53 Å². The second-order valence-corrected chi connectivity index (χ2v) is 8.14. The Bertz CT molecular complexity index is 540. The fraction of sp³-hybridized carbons (Fsp3) is 0.400. The molecule has 6 heteroatoms. The van der Waals surface area contributed by atoms with Crippen molar-refractivity contribution >= 4 is 26.4 Å². The first kappa shape index (κ1) is 24.6. The monoisotopic (exact) mass is 423 g/mol. The van der Waals surface area contributed by atoms with Crippen LogP contribution in [0.1, 0.15) is 38.5 Å². The van der Waals surface area contributed by atoms with Crippen LogP contribution in [0.3, 0.4) is 0 Å². The summed E-state index contributed by atoms with van der Waals surface area (Å²) < 4.78 is 1.05. The van der Waals surface area contributed by atoms with Crippen molar-refractivity contribution in [1.29, 1.82) is 0 Å². The van der Waals surface area contributed by atoms with Gasteiger partial charge in [0.1, 0.15) is 0 Å². The molecule has 0 radical (unpaired) electrons. The molecule has 26 heavy (non-hydrogen) atoms. The van der Waals surface area contributed by atoms with Crippen LogP contribution in [-0.2, 0) is 23.0 Å². The van der Waals surface area contributed by atoms with Crippen molar-refractivity contribution in [3.8, 4) is 0 Å². The largest absolute Gasteiger partial charge is 0.153 e. The quantitative estimate of drug-likeness (QED) is 0.501. The predicted molar refractivity (Wildman–Crippen MR) is 108 cm³/mol. The van der Waals surface area contributed by atoms with Gasteiger partial charge in [-0.25, -0.2) is 0 Å². The van der Waals surface area contributed by atoms with Gasteiger partial charge in [-0.3, -0.25) is 0 Å². The molecular weight excluding hydrogens is 394 g/mol. The maximum absolute atomic E-state index is 10.6. The third-order valence-corrected chi connectivity index (χ3v) is 6.13. The molecule has 1 aromatic carbocycles. The van der Waals surface area contributed by atoms with Crippen molar-refractivity contribution in [3.63, 3.8) is 0 Å². The molecular formula is C20H30NiO4P. The number of allylic oxidation sites excluding steroid dienone is 4. The zero-order valence-corrected chi connectivity index (χ0v) is 17.5. The van der Waals surface area contributed by atoms with E-state index in [4.69, 9.17) is 10.2 Å². The summed E-state index contributed by atoms with van der Waals surface area (Å²) in [7, 11) is 0. The van der Waals surface area contributed by atoms with Gasteiger partial charge in [-0.1, -0.05) is 24.3 Å². The van der Waals surface area contributed by atoms with Crippen molar-refractivity contribution in [3.05, 3.63) is 54.6 Å². The second-order valence-electron chi connectivity index (χ2n) is 5.39. The Morgan fingerprint density at radius 1 is 0.846 bits per heavy atom. The first-order valence-electron chi connectivity index (χ1n) is 8.40. The van der Waals surface area contributed by atoms with Gasteiger partial charge in [-0.15, -0.1) is 0 Å². The zero-order chi connectivity index (χ0) is 18.3. The van der Waals surface area contributed by atoms with Gasteiger partial charge in [-0.2, -0.15) is 9.90 Å². The van der Waals surface area contributed by atoms with Gasteiger partial charge < -0.3 is 0 Å². The van der Waals surface area contributed by atoms with E-state index in [2.05, 4.69) is 24.3 Å². The van der Waals surface area contributed by atoms with Crippen molar-refractivity contribution in [2.45, 2.75) is 49.3 Å². The van der Waals surface area contributed by atoms with Crippen LogP contribution >= 0.6 is 9.90 Å². The Kier molecular flexibility index (Phi) is 14.9. The molecule has 0 spiro atoms. The first-order chi connectivity index (χ1) is 12.1. The minimum Gasteiger partial charge on any atom is -0.153 e. The first-order valence-corrected chi connectivity index (χ1v) is 10.3. The van der Waals surface area contributed by atoms with Crippen molar-refractivity contribution in [2.24, 2.45) is 0 Å². The molecule has 0 heterocycles. The minimum atomic E-state index is -0.836. The Morgan fingerprint density at radius 2 is 1.31 bits per heavy atom. The van der Waals surface area contributed by atoms with Gasteiger partial charge >= 0.3 is 104 Å². The molecule has 1 aliphatic carbocycles. The molecule has 0 aliphatic heterocycles. The summed E-state index contributed by atoms with van der Waals surface area (Å²) >= 11 is -0.438. The molecule has 1 aromatic rings. The predicted octanol–water partition coefficient (Wildman–Crippen LogP) is 4.45. The molecule has 2 N–H and O–H groups in total. The number of benzene rings is 1. The molecule has 4 nitrogen and oxygen atoms in total. The molecule has 1 aliphatic rings. The topological polar surface area (TPSA) is 74.6 Å². The number of carboxylic acids is 2. The number of carbonyl (C=O) groups is 2. The molecule has 2 rings (SSSR count). The molecule has 0 saturated heterocycles. The van der Waals surface area contributed by atoms with E-state index >= 15 is 0 Å². The van der Waals surface area contributed by atoms with E-state index < -0.39 is 25.4 Å². The fourth-order valence-corrected chi connectivity index (χ4v) is 4.50. The SMILES string of the molecule is C1=C\CCCC\C=C/1.O=C(O)C[CH2][Ni]([CH2]CC(=O)O)[c]1ccccc1.P. The molecule has 1 unspecified atom stereocenters. The van der Waals surface area contributed by atoms with Gasteiger partial charge in [0, 0.05) is 0 Å². The maximum Gasteiger partial charge on any atom is -0.153 e. The van der Waals surface area contributed by atoms with Crippen LogP contribution in [0.4, 0.5) is 0 Å². The molecule has 0 aromatic heterocycles. The Morgan fingerprint density at radius 3 is 1.73 bits per heavy atom. The average molecular weight is 424 g/mol. The smallest absolute Gasteiger partial charge is 0.153 e. The Hall–Kier alpha value is -1.44. The summed E-state index contributed by atoms with van der Waals surface area (Å²) in [6.07, 6.45) is 14.2. The van der Waals surface area contributed by atoms with E-state index in [1.807, 2.05) is 30.3 Å². The van der Waals surface area contributed by atoms with Crippen LogP contribution in [0.2, 0.25) is 10.8 Å². The van der Waals surface area contributed by atoms with E-state index in [1.165, 1.54) is 25.7 Å². The summed E-state index contributed by atoms with van der Waals surface area (Å²) in [5.41, 5.74) is 0. The van der Waals surface area contributed by atoms with Gasteiger partial charge in [0.2, 0.25) is 0 Å². The minimum absolute atomic E-state index is 0. The van der Waals surface area contributed by atoms with Crippen LogP contribution in [-0.4, -0.2) is 22.2 Å². The fourth-order valence-electron chi connectivity index (χ4n) is 2.01. The number of rotatable bonds is 7. The third-order valence-electron chi connectivity index (χ3n) is 3.31. The molecule has 149 valence electrons. The van der Waals surface area contributed by atoms with Crippen LogP contribution in [0.25, 0.3) is 0 Å². The zero-order valence-electron chi connectivity index (χ0n) is 15.1. The van der Waals surface area contributed by atoms with Crippen molar-refractivity contribution < 1.29 is 33.2 Å². The summed E-state index contributed by atoms with van der Waals surface area (Å²) in [6, 6.07) is 9.53.